The lowest BCUT2D eigenvalue weighted by Crippen LogP contribution is -2.67. The molecule has 1 aromatic heterocycles. The van der Waals surface area contributed by atoms with Crippen molar-refractivity contribution in [2.45, 2.75) is 24.5 Å². The van der Waals surface area contributed by atoms with E-state index in [2.05, 4.69) is 4.98 Å². The van der Waals surface area contributed by atoms with Crippen LogP contribution >= 0.6 is 11.6 Å². The van der Waals surface area contributed by atoms with Gasteiger partial charge in [-0.1, -0.05) is 11.6 Å². The van der Waals surface area contributed by atoms with E-state index in [1.165, 1.54) is 18.2 Å². The summed E-state index contributed by atoms with van der Waals surface area (Å²) in [7, 11) is 0. The largest absolute Gasteiger partial charge is 0.489 e. The first-order valence-corrected chi connectivity index (χ1v) is 8.87. The standard InChI is InChI=1S/C19H18ClFN2O3/c20-16-8-13(3-4-17(16)21)18(24)23-11-19(12-23)9-14(5-7-25-19)26-15-2-1-6-22-10-15/h1-4,6,8,10,14H,5,7,9,11-12H2/t14-/m1/s1. The SMILES string of the molecule is O=C(c1ccc(F)c(Cl)c1)N1CC2(C[C@H](Oc3cccnc3)CCO2)C1. The summed E-state index contributed by atoms with van der Waals surface area (Å²) in [6.07, 6.45) is 4.95. The van der Waals surface area contributed by atoms with E-state index in [-0.39, 0.29) is 22.6 Å². The molecule has 2 fully saturated rings. The molecule has 0 unspecified atom stereocenters. The maximum absolute atomic E-state index is 13.3. The van der Waals surface area contributed by atoms with Gasteiger partial charge in [0.2, 0.25) is 0 Å². The Hall–Kier alpha value is -2.18. The number of hydrogen-bond donors (Lipinski definition) is 0. The van der Waals surface area contributed by atoms with E-state index in [0.717, 1.165) is 18.6 Å². The highest BCUT2D eigenvalue weighted by atomic mass is 35.5. The van der Waals surface area contributed by atoms with Crippen molar-refractivity contribution in [2.75, 3.05) is 19.7 Å². The molecule has 1 aromatic carbocycles. The van der Waals surface area contributed by atoms with Crippen LogP contribution in [0.2, 0.25) is 5.02 Å². The van der Waals surface area contributed by atoms with Crippen LogP contribution in [-0.2, 0) is 4.74 Å². The highest BCUT2D eigenvalue weighted by Gasteiger charge is 2.50. The fraction of sp³-hybridized carbons (Fsp3) is 0.368. The van der Waals surface area contributed by atoms with Gasteiger partial charge in [-0.15, -0.1) is 0 Å². The zero-order chi connectivity index (χ0) is 18.1. The van der Waals surface area contributed by atoms with Gasteiger partial charge in [0, 0.05) is 24.6 Å². The van der Waals surface area contributed by atoms with Crippen molar-refractivity contribution in [3.8, 4) is 5.75 Å². The molecule has 2 aromatic rings. The van der Waals surface area contributed by atoms with Crippen molar-refractivity contribution in [1.82, 2.24) is 9.88 Å². The van der Waals surface area contributed by atoms with Gasteiger partial charge in [0.05, 0.1) is 30.9 Å². The van der Waals surface area contributed by atoms with Gasteiger partial charge in [-0.3, -0.25) is 9.78 Å². The first kappa shape index (κ1) is 17.2. The van der Waals surface area contributed by atoms with E-state index in [0.29, 0.717) is 25.3 Å². The predicted molar refractivity (Wildman–Crippen MR) is 93.9 cm³/mol. The van der Waals surface area contributed by atoms with Gasteiger partial charge in [0.15, 0.2) is 0 Å². The number of carbonyl (C=O) groups excluding carboxylic acids is 1. The Bertz CT molecular complexity index is 812. The highest BCUT2D eigenvalue weighted by Crippen LogP contribution is 2.36. The van der Waals surface area contributed by atoms with Crippen molar-refractivity contribution in [3.05, 3.63) is 59.1 Å². The van der Waals surface area contributed by atoms with Crippen LogP contribution in [0.5, 0.6) is 5.75 Å². The minimum Gasteiger partial charge on any atom is -0.489 e. The third kappa shape index (κ3) is 3.39. The van der Waals surface area contributed by atoms with Gasteiger partial charge in [-0.25, -0.2) is 4.39 Å². The molecule has 0 N–H and O–H groups in total. The van der Waals surface area contributed by atoms with E-state index >= 15 is 0 Å². The van der Waals surface area contributed by atoms with E-state index in [1.807, 2.05) is 12.1 Å². The Balaban J connectivity index is 1.38. The van der Waals surface area contributed by atoms with Gasteiger partial charge in [0.1, 0.15) is 23.3 Å². The summed E-state index contributed by atoms with van der Waals surface area (Å²) in [6.45, 7) is 1.58. The second-order valence-corrected chi connectivity index (χ2v) is 7.15. The predicted octanol–water partition coefficient (Wildman–Crippen LogP) is 3.33. The van der Waals surface area contributed by atoms with E-state index in [4.69, 9.17) is 21.1 Å². The number of halogens is 2. The molecule has 26 heavy (non-hydrogen) atoms. The normalized spacial score (nSPS) is 21.3. The number of amides is 1. The van der Waals surface area contributed by atoms with E-state index in [1.54, 1.807) is 17.3 Å². The van der Waals surface area contributed by atoms with Crippen LogP contribution in [0.25, 0.3) is 0 Å². The lowest BCUT2D eigenvalue weighted by Gasteiger charge is -2.52. The van der Waals surface area contributed by atoms with Crippen molar-refractivity contribution in [1.29, 1.82) is 0 Å². The Kier molecular flexibility index (Phi) is 4.54. The number of pyridine rings is 1. The van der Waals surface area contributed by atoms with Gasteiger partial charge in [0.25, 0.3) is 5.91 Å². The molecular weight excluding hydrogens is 359 g/mol. The third-order valence-electron chi connectivity index (χ3n) is 4.80. The Morgan fingerprint density at radius 1 is 1.38 bits per heavy atom. The molecule has 1 amide bonds. The zero-order valence-corrected chi connectivity index (χ0v) is 14.8. The lowest BCUT2D eigenvalue weighted by molar-refractivity contribution is -0.173. The van der Waals surface area contributed by atoms with Gasteiger partial charge in [-0.2, -0.15) is 0 Å². The molecule has 3 heterocycles. The molecule has 2 aliphatic rings. The van der Waals surface area contributed by atoms with Gasteiger partial charge < -0.3 is 14.4 Å². The molecule has 2 saturated heterocycles. The van der Waals surface area contributed by atoms with Crippen LogP contribution in [0, 0.1) is 5.82 Å². The molecule has 2 aliphatic heterocycles. The summed E-state index contributed by atoms with van der Waals surface area (Å²) < 4.78 is 25.2. The number of nitrogens with zero attached hydrogens (tertiary/aromatic N) is 2. The average molecular weight is 377 g/mol. The van der Waals surface area contributed by atoms with Crippen molar-refractivity contribution in [3.63, 3.8) is 0 Å². The molecule has 0 aliphatic carbocycles. The van der Waals surface area contributed by atoms with Crippen molar-refractivity contribution >= 4 is 17.5 Å². The molecule has 0 bridgehead atoms. The quantitative estimate of drug-likeness (QED) is 0.824. The summed E-state index contributed by atoms with van der Waals surface area (Å²) in [5.74, 6) is 0.0356. The third-order valence-corrected chi connectivity index (χ3v) is 5.09. The number of aromatic nitrogens is 1. The molecule has 0 radical (unpaired) electrons. The highest BCUT2D eigenvalue weighted by molar-refractivity contribution is 6.31. The Morgan fingerprint density at radius 3 is 2.96 bits per heavy atom. The number of ether oxygens (including phenoxy) is 2. The first-order chi connectivity index (χ1) is 12.5. The minimum absolute atomic E-state index is 0.0328. The van der Waals surface area contributed by atoms with Crippen molar-refractivity contribution < 1.29 is 18.7 Å². The van der Waals surface area contributed by atoms with Crippen LogP contribution in [0.3, 0.4) is 0 Å². The number of carbonyl (C=O) groups is 1. The summed E-state index contributed by atoms with van der Waals surface area (Å²) in [5.41, 5.74) is 0.00941. The topological polar surface area (TPSA) is 51.7 Å². The number of benzene rings is 1. The van der Waals surface area contributed by atoms with E-state index in [9.17, 15) is 9.18 Å². The smallest absolute Gasteiger partial charge is 0.254 e. The van der Waals surface area contributed by atoms with Crippen LogP contribution < -0.4 is 4.74 Å². The van der Waals surface area contributed by atoms with Crippen LogP contribution in [0.4, 0.5) is 4.39 Å². The molecule has 136 valence electrons. The van der Waals surface area contributed by atoms with Crippen molar-refractivity contribution in [2.24, 2.45) is 0 Å². The summed E-state index contributed by atoms with van der Waals surface area (Å²) >= 11 is 5.77. The van der Waals surface area contributed by atoms with Gasteiger partial charge in [-0.05, 0) is 30.3 Å². The van der Waals surface area contributed by atoms with E-state index < -0.39 is 5.82 Å². The molecule has 1 atom stereocenters. The summed E-state index contributed by atoms with van der Waals surface area (Å²) in [6, 6.07) is 7.73. The molecule has 7 heteroatoms. The molecule has 0 saturated carbocycles. The molecule has 4 rings (SSSR count). The molecular formula is C19H18ClFN2O3. The summed E-state index contributed by atoms with van der Waals surface area (Å²) in [4.78, 5) is 18.3. The first-order valence-electron chi connectivity index (χ1n) is 8.50. The number of likely N-dealkylation sites (tertiary alicyclic amines) is 1. The Morgan fingerprint density at radius 2 is 2.23 bits per heavy atom. The summed E-state index contributed by atoms with van der Waals surface area (Å²) in [5, 5.41) is -0.0510. The monoisotopic (exact) mass is 376 g/mol. The molecule has 5 nitrogen and oxygen atoms in total. The van der Waals surface area contributed by atoms with Gasteiger partial charge >= 0.3 is 0 Å². The second kappa shape index (κ2) is 6.85. The zero-order valence-electron chi connectivity index (χ0n) is 14.0. The lowest BCUT2D eigenvalue weighted by atomic mass is 9.84. The Labute approximate surface area is 155 Å². The maximum Gasteiger partial charge on any atom is 0.254 e. The average Bonchev–Trinajstić information content (AvgIpc) is 2.62. The minimum atomic E-state index is -0.533. The van der Waals surface area contributed by atoms with Crippen LogP contribution in [-0.4, -0.2) is 47.2 Å². The van der Waals surface area contributed by atoms with Crippen LogP contribution in [0.1, 0.15) is 23.2 Å². The maximum atomic E-state index is 13.3. The fourth-order valence-corrected chi connectivity index (χ4v) is 3.70. The fourth-order valence-electron chi connectivity index (χ4n) is 3.52. The van der Waals surface area contributed by atoms with Crippen LogP contribution in [0.15, 0.2) is 42.7 Å². The number of rotatable bonds is 3. The number of hydrogen-bond acceptors (Lipinski definition) is 4. The second-order valence-electron chi connectivity index (χ2n) is 6.74. The molecule has 1 spiro atoms.